The molecule has 2 saturated heterocycles. The molecule has 2 aliphatic heterocycles. The highest BCUT2D eigenvalue weighted by molar-refractivity contribution is 6.30. The molecule has 0 aromatic heterocycles. The van der Waals surface area contributed by atoms with Crippen molar-refractivity contribution in [3.63, 3.8) is 0 Å². The summed E-state index contributed by atoms with van der Waals surface area (Å²) in [5.41, 5.74) is 1.34. The first kappa shape index (κ1) is 24.5. The van der Waals surface area contributed by atoms with Crippen molar-refractivity contribution in [2.75, 3.05) is 31.6 Å². The molecule has 0 spiro atoms. The third-order valence-electron chi connectivity index (χ3n) is 6.75. The highest BCUT2D eigenvalue weighted by Crippen LogP contribution is 2.29. The summed E-state index contributed by atoms with van der Waals surface area (Å²) in [6.07, 6.45) is 3.94. The zero-order valence-electron chi connectivity index (χ0n) is 19.3. The van der Waals surface area contributed by atoms with Crippen LogP contribution in [0.4, 0.5) is 10.5 Å². The number of nitrogens with one attached hydrogen (secondary N) is 4. The third-order valence-corrected chi connectivity index (χ3v) is 7.00. The minimum Gasteiger partial charge on any atom is -0.381 e. The fraction of sp³-hybridized carbons (Fsp3) is 0.462. The van der Waals surface area contributed by atoms with E-state index in [2.05, 4.69) is 21.3 Å². The molecule has 8 heteroatoms. The molecule has 2 atom stereocenters. The van der Waals surface area contributed by atoms with Crippen molar-refractivity contribution in [3.8, 4) is 0 Å². The van der Waals surface area contributed by atoms with E-state index < -0.39 is 12.1 Å². The van der Waals surface area contributed by atoms with Crippen LogP contribution < -0.4 is 21.3 Å². The zero-order chi connectivity index (χ0) is 23.8. The largest absolute Gasteiger partial charge is 0.381 e. The Labute approximate surface area is 206 Å². The SMILES string of the molecule is O=C(Nc1ccc(Cl)cc1)NC(C(=O)NC(C1CCNCC1)C1CCOCC1)c1ccccc1. The second-order valence-electron chi connectivity index (χ2n) is 9.02. The lowest BCUT2D eigenvalue weighted by atomic mass is 9.79. The number of anilines is 1. The van der Waals surface area contributed by atoms with Crippen LogP contribution in [0, 0.1) is 11.8 Å². The number of piperidine rings is 1. The molecular weight excluding hydrogens is 452 g/mol. The molecule has 2 aliphatic rings. The van der Waals surface area contributed by atoms with Gasteiger partial charge in [-0.3, -0.25) is 4.79 Å². The van der Waals surface area contributed by atoms with E-state index in [9.17, 15) is 9.59 Å². The molecular formula is C26H33ClN4O3. The summed E-state index contributed by atoms with van der Waals surface area (Å²) >= 11 is 5.94. The molecule has 2 aromatic rings. The quantitative estimate of drug-likeness (QED) is 0.476. The average molecular weight is 485 g/mol. The van der Waals surface area contributed by atoms with E-state index in [1.165, 1.54) is 0 Å². The van der Waals surface area contributed by atoms with Crippen LogP contribution >= 0.6 is 11.6 Å². The fourth-order valence-electron chi connectivity index (χ4n) is 4.92. The molecule has 182 valence electrons. The van der Waals surface area contributed by atoms with Gasteiger partial charge in [0.25, 0.3) is 0 Å². The summed E-state index contributed by atoms with van der Waals surface area (Å²) in [6, 6.07) is 15.0. The predicted octanol–water partition coefficient (Wildman–Crippen LogP) is 4.11. The Bertz CT molecular complexity index is 911. The van der Waals surface area contributed by atoms with Gasteiger partial charge < -0.3 is 26.0 Å². The number of ether oxygens (including phenoxy) is 1. The van der Waals surface area contributed by atoms with E-state index in [1.54, 1.807) is 24.3 Å². The minimum absolute atomic E-state index is 0.0610. The lowest BCUT2D eigenvalue weighted by molar-refractivity contribution is -0.125. The van der Waals surface area contributed by atoms with Crippen LogP contribution in [-0.4, -0.2) is 44.3 Å². The Morgan fingerprint density at radius 3 is 2.21 bits per heavy atom. The summed E-state index contributed by atoms with van der Waals surface area (Å²) in [6.45, 7) is 3.38. The third kappa shape index (κ3) is 6.72. The number of hydrogen-bond acceptors (Lipinski definition) is 4. The topological polar surface area (TPSA) is 91.5 Å². The van der Waals surface area contributed by atoms with E-state index in [1.807, 2.05) is 30.3 Å². The number of amides is 3. The maximum Gasteiger partial charge on any atom is 0.320 e. The average Bonchev–Trinajstić information content (AvgIpc) is 2.88. The molecule has 0 radical (unpaired) electrons. The Balaban J connectivity index is 1.50. The molecule has 3 amide bonds. The number of carbonyl (C=O) groups is 2. The molecule has 0 bridgehead atoms. The van der Waals surface area contributed by atoms with E-state index >= 15 is 0 Å². The smallest absolute Gasteiger partial charge is 0.320 e. The van der Waals surface area contributed by atoms with Crippen molar-refractivity contribution in [2.24, 2.45) is 11.8 Å². The number of benzene rings is 2. The Morgan fingerprint density at radius 1 is 0.882 bits per heavy atom. The van der Waals surface area contributed by atoms with E-state index in [0.29, 0.717) is 22.5 Å². The van der Waals surface area contributed by atoms with Gasteiger partial charge in [-0.2, -0.15) is 0 Å². The standard InChI is InChI=1S/C26H33ClN4O3/c27-21-6-8-22(9-7-21)29-26(33)31-24(18-4-2-1-3-5-18)25(32)30-23(19-10-14-28-15-11-19)20-12-16-34-17-13-20/h1-9,19-20,23-24,28H,10-17H2,(H,30,32)(H2,29,31,33). The van der Waals surface area contributed by atoms with Gasteiger partial charge in [-0.25, -0.2) is 4.79 Å². The first-order valence-corrected chi connectivity index (χ1v) is 12.4. The van der Waals surface area contributed by atoms with Crippen LogP contribution in [0.5, 0.6) is 0 Å². The second kappa shape index (κ2) is 12.2. The predicted molar refractivity (Wildman–Crippen MR) is 134 cm³/mol. The van der Waals surface area contributed by atoms with Crippen molar-refractivity contribution in [3.05, 3.63) is 65.2 Å². The number of rotatable bonds is 7. The van der Waals surface area contributed by atoms with Crippen molar-refractivity contribution in [1.82, 2.24) is 16.0 Å². The number of carbonyl (C=O) groups excluding carboxylic acids is 2. The molecule has 0 saturated carbocycles. The molecule has 4 N–H and O–H groups in total. The summed E-state index contributed by atoms with van der Waals surface area (Å²) in [7, 11) is 0. The first-order chi connectivity index (χ1) is 16.6. The molecule has 2 heterocycles. The highest BCUT2D eigenvalue weighted by Gasteiger charge is 2.35. The van der Waals surface area contributed by atoms with Crippen LogP contribution in [0.2, 0.25) is 5.02 Å². The van der Waals surface area contributed by atoms with Gasteiger partial charge in [0.15, 0.2) is 0 Å². The van der Waals surface area contributed by atoms with E-state index in [4.69, 9.17) is 16.3 Å². The maximum atomic E-state index is 13.7. The van der Waals surface area contributed by atoms with E-state index in [-0.39, 0.29) is 11.9 Å². The molecule has 2 aromatic carbocycles. The van der Waals surface area contributed by atoms with Gasteiger partial charge >= 0.3 is 6.03 Å². The normalized spacial score (nSPS) is 19.1. The molecule has 7 nitrogen and oxygen atoms in total. The van der Waals surface area contributed by atoms with Gasteiger partial charge in [0.2, 0.25) is 5.91 Å². The first-order valence-electron chi connectivity index (χ1n) is 12.1. The van der Waals surface area contributed by atoms with Gasteiger partial charge in [-0.05, 0) is 80.4 Å². The number of halogens is 1. The molecule has 2 unspecified atom stereocenters. The number of urea groups is 1. The van der Waals surface area contributed by atoms with Crippen molar-refractivity contribution < 1.29 is 14.3 Å². The maximum absolute atomic E-state index is 13.7. The van der Waals surface area contributed by atoms with E-state index in [0.717, 1.165) is 57.6 Å². The summed E-state index contributed by atoms with van der Waals surface area (Å²) in [5.74, 6) is 0.597. The van der Waals surface area contributed by atoms with Crippen LogP contribution in [0.1, 0.15) is 37.3 Å². The lowest BCUT2D eigenvalue weighted by Gasteiger charge is -2.39. The Hall–Kier alpha value is -2.61. The van der Waals surface area contributed by atoms with Crippen LogP contribution in [-0.2, 0) is 9.53 Å². The summed E-state index contributed by atoms with van der Waals surface area (Å²) in [4.78, 5) is 26.5. The van der Waals surface area contributed by atoms with Gasteiger partial charge in [-0.1, -0.05) is 41.9 Å². The van der Waals surface area contributed by atoms with Crippen molar-refractivity contribution in [1.29, 1.82) is 0 Å². The van der Waals surface area contributed by atoms with Crippen molar-refractivity contribution in [2.45, 2.75) is 37.8 Å². The zero-order valence-corrected chi connectivity index (χ0v) is 20.0. The van der Waals surface area contributed by atoms with Gasteiger partial charge in [-0.15, -0.1) is 0 Å². The summed E-state index contributed by atoms with van der Waals surface area (Å²) < 4.78 is 5.58. The fourth-order valence-corrected chi connectivity index (χ4v) is 5.05. The lowest BCUT2D eigenvalue weighted by Crippen LogP contribution is -2.53. The Kier molecular flexibility index (Phi) is 8.79. The van der Waals surface area contributed by atoms with Gasteiger partial charge in [0, 0.05) is 30.0 Å². The molecule has 0 aliphatic carbocycles. The van der Waals surface area contributed by atoms with Crippen LogP contribution in [0.25, 0.3) is 0 Å². The highest BCUT2D eigenvalue weighted by atomic mass is 35.5. The molecule has 34 heavy (non-hydrogen) atoms. The van der Waals surface area contributed by atoms with Gasteiger partial charge in [0.1, 0.15) is 6.04 Å². The van der Waals surface area contributed by atoms with Crippen molar-refractivity contribution >= 4 is 29.2 Å². The molecule has 4 rings (SSSR count). The van der Waals surface area contributed by atoms with Gasteiger partial charge in [0.05, 0.1) is 0 Å². The number of hydrogen-bond donors (Lipinski definition) is 4. The summed E-state index contributed by atoms with van der Waals surface area (Å²) in [5, 5.41) is 13.0. The van der Waals surface area contributed by atoms with Crippen LogP contribution in [0.15, 0.2) is 54.6 Å². The Morgan fingerprint density at radius 2 is 1.53 bits per heavy atom. The van der Waals surface area contributed by atoms with Crippen LogP contribution in [0.3, 0.4) is 0 Å². The second-order valence-corrected chi connectivity index (χ2v) is 9.46. The molecule has 2 fully saturated rings. The minimum atomic E-state index is -0.808. The monoisotopic (exact) mass is 484 g/mol.